The van der Waals surface area contributed by atoms with E-state index < -0.39 is 5.97 Å². The summed E-state index contributed by atoms with van der Waals surface area (Å²) >= 11 is 6.10. The van der Waals surface area contributed by atoms with Crippen molar-refractivity contribution in [1.82, 2.24) is 0 Å². The lowest BCUT2D eigenvalue weighted by Gasteiger charge is -2.07. The van der Waals surface area contributed by atoms with Crippen LogP contribution in [0.1, 0.15) is 42.0 Å². The van der Waals surface area contributed by atoms with Crippen LogP contribution in [-0.4, -0.2) is 11.1 Å². The van der Waals surface area contributed by atoms with Gasteiger partial charge in [-0.1, -0.05) is 61.8 Å². The summed E-state index contributed by atoms with van der Waals surface area (Å²) in [6.45, 7) is 6.14. The Morgan fingerprint density at radius 2 is 1.77 bits per heavy atom. The Hall–Kier alpha value is -2.06. The van der Waals surface area contributed by atoms with E-state index in [0.717, 1.165) is 11.1 Å². The van der Waals surface area contributed by atoms with E-state index in [4.69, 9.17) is 11.6 Å². The van der Waals surface area contributed by atoms with Gasteiger partial charge in [0.05, 0.1) is 5.57 Å². The van der Waals surface area contributed by atoms with Gasteiger partial charge in [-0.05, 0) is 47.2 Å². The average molecular weight is 315 g/mol. The molecule has 0 amide bonds. The third kappa shape index (κ3) is 3.77. The predicted octanol–water partition coefficient (Wildman–Crippen LogP) is 5.40. The summed E-state index contributed by atoms with van der Waals surface area (Å²) in [5.74, 6) is -0.513. The van der Waals surface area contributed by atoms with E-state index >= 15 is 0 Å². The van der Waals surface area contributed by atoms with Crippen LogP contribution in [0.5, 0.6) is 0 Å². The highest BCUT2D eigenvalue weighted by molar-refractivity contribution is 6.32. The first kappa shape index (κ1) is 16.3. The van der Waals surface area contributed by atoms with Crippen LogP contribution in [0.4, 0.5) is 0 Å². The van der Waals surface area contributed by atoms with E-state index in [1.807, 2.05) is 37.3 Å². The number of carbonyl (C=O) groups is 1. The van der Waals surface area contributed by atoms with Crippen molar-refractivity contribution >= 4 is 29.2 Å². The summed E-state index contributed by atoms with van der Waals surface area (Å²) in [5.41, 5.74) is 3.86. The first-order valence-electron chi connectivity index (χ1n) is 7.20. The van der Waals surface area contributed by atoms with Gasteiger partial charge < -0.3 is 5.11 Å². The number of hydrogen-bond donors (Lipinski definition) is 1. The monoisotopic (exact) mass is 314 g/mol. The molecule has 2 rings (SSSR count). The maximum atomic E-state index is 11.6. The summed E-state index contributed by atoms with van der Waals surface area (Å²) < 4.78 is 0. The van der Waals surface area contributed by atoms with Gasteiger partial charge in [0.1, 0.15) is 0 Å². The van der Waals surface area contributed by atoms with Gasteiger partial charge in [-0.3, -0.25) is 0 Å². The second kappa shape index (κ2) is 6.80. The molecule has 22 heavy (non-hydrogen) atoms. The van der Waals surface area contributed by atoms with E-state index in [2.05, 4.69) is 13.8 Å². The van der Waals surface area contributed by atoms with E-state index in [1.165, 1.54) is 5.56 Å². The molecule has 0 bridgehead atoms. The average Bonchev–Trinajstić information content (AvgIpc) is 2.48. The molecule has 0 heterocycles. The fourth-order valence-electron chi connectivity index (χ4n) is 2.17. The van der Waals surface area contributed by atoms with E-state index in [9.17, 15) is 9.90 Å². The zero-order valence-corrected chi connectivity index (χ0v) is 13.7. The largest absolute Gasteiger partial charge is 0.478 e. The van der Waals surface area contributed by atoms with Gasteiger partial charge in [-0.15, -0.1) is 0 Å². The van der Waals surface area contributed by atoms with Crippen molar-refractivity contribution in [2.24, 2.45) is 0 Å². The highest BCUT2D eigenvalue weighted by atomic mass is 35.5. The van der Waals surface area contributed by atoms with Crippen molar-refractivity contribution in [3.05, 3.63) is 69.7 Å². The number of benzene rings is 2. The van der Waals surface area contributed by atoms with Gasteiger partial charge in [0.25, 0.3) is 0 Å². The molecule has 114 valence electrons. The number of carboxylic acids is 1. The number of hydrogen-bond acceptors (Lipinski definition) is 1. The smallest absolute Gasteiger partial charge is 0.336 e. The lowest BCUT2D eigenvalue weighted by Crippen LogP contribution is -2.00. The van der Waals surface area contributed by atoms with Crippen LogP contribution < -0.4 is 0 Å². The number of rotatable bonds is 4. The number of halogens is 1. The zero-order chi connectivity index (χ0) is 16.3. The fraction of sp³-hybridized carbons (Fsp3) is 0.211. The van der Waals surface area contributed by atoms with Crippen molar-refractivity contribution in [3.8, 4) is 0 Å². The molecule has 0 aliphatic carbocycles. The van der Waals surface area contributed by atoms with E-state index in [0.29, 0.717) is 16.5 Å². The van der Waals surface area contributed by atoms with Crippen molar-refractivity contribution in [2.75, 3.05) is 0 Å². The predicted molar refractivity (Wildman–Crippen MR) is 92.2 cm³/mol. The lowest BCUT2D eigenvalue weighted by molar-refractivity contribution is -0.130. The summed E-state index contributed by atoms with van der Waals surface area (Å²) in [6.07, 6.45) is 1.67. The maximum absolute atomic E-state index is 11.6. The molecule has 0 unspecified atom stereocenters. The molecule has 0 saturated heterocycles. The third-order valence-corrected chi connectivity index (χ3v) is 4.03. The van der Waals surface area contributed by atoms with Gasteiger partial charge in [0.2, 0.25) is 0 Å². The summed E-state index contributed by atoms with van der Waals surface area (Å²) in [4.78, 5) is 11.6. The molecule has 1 N–H and O–H groups in total. The van der Waals surface area contributed by atoms with Crippen LogP contribution in [0.3, 0.4) is 0 Å². The van der Waals surface area contributed by atoms with Gasteiger partial charge in [0, 0.05) is 5.02 Å². The Kier molecular flexibility index (Phi) is 5.04. The van der Waals surface area contributed by atoms with Gasteiger partial charge >= 0.3 is 5.97 Å². The summed E-state index contributed by atoms with van der Waals surface area (Å²) in [7, 11) is 0. The molecular weight excluding hydrogens is 296 g/mol. The van der Waals surface area contributed by atoms with Crippen LogP contribution in [-0.2, 0) is 4.79 Å². The Labute approximate surface area is 136 Å². The fourth-order valence-corrected chi connectivity index (χ4v) is 2.35. The molecular formula is C19H19ClO2. The van der Waals surface area contributed by atoms with Gasteiger partial charge in [0.15, 0.2) is 0 Å². The Balaban J connectivity index is 2.42. The minimum atomic E-state index is -0.965. The molecule has 0 aliphatic rings. The topological polar surface area (TPSA) is 37.3 Å². The molecule has 0 aromatic heterocycles. The van der Waals surface area contributed by atoms with E-state index in [1.54, 1.807) is 18.2 Å². The minimum absolute atomic E-state index is 0.235. The molecule has 3 heteroatoms. The molecule has 2 aromatic rings. The second-order valence-electron chi connectivity index (χ2n) is 5.65. The summed E-state index contributed by atoms with van der Waals surface area (Å²) in [5, 5.41) is 10.0. The van der Waals surface area contributed by atoms with E-state index in [-0.39, 0.29) is 5.57 Å². The van der Waals surface area contributed by atoms with Gasteiger partial charge in [-0.2, -0.15) is 0 Å². The normalized spacial score (nSPS) is 11.8. The molecule has 0 fully saturated rings. The number of aliphatic carboxylic acids is 1. The summed E-state index contributed by atoms with van der Waals surface area (Å²) in [6, 6.07) is 13.2. The third-order valence-electron chi connectivity index (χ3n) is 3.63. The van der Waals surface area contributed by atoms with Crippen LogP contribution >= 0.6 is 11.6 Å². The maximum Gasteiger partial charge on any atom is 0.336 e. The Morgan fingerprint density at radius 1 is 1.14 bits per heavy atom. The molecule has 0 spiro atoms. The zero-order valence-electron chi connectivity index (χ0n) is 12.9. The van der Waals surface area contributed by atoms with Crippen molar-refractivity contribution in [1.29, 1.82) is 0 Å². The highest BCUT2D eigenvalue weighted by Gasteiger charge is 2.12. The van der Waals surface area contributed by atoms with Crippen LogP contribution in [0.2, 0.25) is 5.02 Å². The van der Waals surface area contributed by atoms with Crippen molar-refractivity contribution in [3.63, 3.8) is 0 Å². The van der Waals surface area contributed by atoms with Crippen LogP contribution in [0.25, 0.3) is 11.6 Å². The number of carboxylic acid groups (broad SMARTS) is 1. The molecule has 2 nitrogen and oxygen atoms in total. The second-order valence-corrected chi connectivity index (χ2v) is 6.06. The highest BCUT2D eigenvalue weighted by Crippen LogP contribution is 2.25. The van der Waals surface area contributed by atoms with Crippen LogP contribution in [0.15, 0.2) is 42.5 Å². The molecule has 0 atom stereocenters. The Morgan fingerprint density at radius 3 is 2.27 bits per heavy atom. The lowest BCUT2D eigenvalue weighted by atomic mass is 9.99. The van der Waals surface area contributed by atoms with Crippen LogP contribution in [0, 0.1) is 6.92 Å². The molecule has 0 aliphatic heterocycles. The van der Waals surface area contributed by atoms with Gasteiger partial charge in [-0.25, -0.2) is 4.79 Å². The molecule has 0 radical (unpaired) electrons. The molecule has 2 aromatic carbocycles. The first-order valence-corrected chi connectivity index (χ1v) is 7.57. The SMILES string of the molecule is Cc1ccc(/C(=C/c2ccc(C(C)C)cc2)C(=O)O)cc1Cl. The van der Waals surface area contributed by atoms with Crippen molar-refractivity contribution < 1.29 is 9.90 Å². The minimum Gasteiger partial charge on any atom is -0.478 e. The first-order chi connectivity index (χ1) is 10.4. The Bertz CT molecular complexity index is 713. The standard InChI is InChI=1S/C19H19ClO2/c1-12(2)15-8-5-14(6-9-15)10-17(19(21)22)16-7-4-13(3)18(20)11-16/h4-12H,1-3H3,(H,21,22)/b17-10-. The number of aryl methyl sites for hydroxylation is 1. The molecule has 0 saturated carbocycles. The van der Waals surface area contributed by atoms with Crippen molar-refractivity contribution in [2.45, 2.75) is 26.7 Å². The quantitative estimate of drug-likeness (QED) is 0.606.